The highest BCUT2D eigenvalue weighted by molar-refractivity contribution is 5.55. The van der Waals surface area contributed by atoms with Crippen LogP contribution >= 0.6 is 0 Å². The molecule has 1 fully saturated rings. The zero-order valence-electron chi connectivity index (χ0n) is 10.8. The number of piperidine rings is 1. The van der Waals surface area contributed by atoms with Gasteiger partial charge in [-0.3, -0.25) is 0 Å². The molecule has 3 heteroatoms. The second-order valence-electron chi connectivity index (χ2n) is 4.76. The van der Waals surface area contributed by atoms with Crippen LogP contribution in [0.1, 0.15) is 24.0 Å². The fourth-order valence-corrected chi connectivity index (χ4v) is 2.47. The molecule has 0 saturated carbocycles. The van der Waals surface area contributed by atoms with Gasteiger partial charge in [-0.2, -0.15) is 0 Å². The molecule has 2 N–H and O–H groups in total. The topological polar surface area (TPSA) is 38.5 Å². The number of hydrogen-bond donors (Lipinski definition) is 1. The summed E-state index contributed by atoms with van der Waals surface area (Å²) >= 11 is 0. The van der Waals surface area contributed by atoms with E-state index < -0.39 is 0 Å². The molecule has 0 spiro atoms. The van der Waals surface area contributed by atoms with Crippen molar-refractivity contribution in [2.45, 2.75) is 32.4 Å². The maximum absolute atomic E-state index is 5.81. The van der Waals surface area contributed by atoms with Crippen molar-refractivity contribution in [2.75, 3.05) is 25.1 Å². The molecule has 0 bridgehead atoms. The predicted molar refractivity (Wildman–Crippen MR) is 71.3 cm³/mol. The molecule has 0 radical (unpaired) electrons. The first-order valence-electron chi connectivity index (χ1n) is 6.32. The SMILES string of the molecule is COC1CCN(c2cc(C)ccc2CN)CC1. The standard InChI is InChI=1S/C14H22N2O/c1-11-3-4-12(10-15)14(9-11)16-7-5-13(17-2)6-8-16/h3-4,9,13H,5-8,10,15H2,1-2H3. The fourth-order valence-electron chi connectivity index (χ4n) is 2.47. The van der Waals surface area contributed by atoms with E-state index >= 15 is 0 Å². The lowest BCUT2D eigenvalue weighted by Gasteiger charge is -2.34. The van der Waals surface area contributed by atoms with Gasteiger partial charge < -0.3 is 15.4 Å². The minimum absolute atomic E-state index is 0.428. The van der Waals surface area contributed by atoms with Gasteiger partial charge in [-0.1, -0.05) is 12.1 Å². The van der Waals surface area contributed by atoms with Crippen molar-refractivity contribution < 1.29 is 4.74 Å². The average Bonchev–Trinajstić information content (AvgIpc) is 2.39. The quantitative estimate of drug-likeness (QED) is 0.870. The van der Waals surface area contributed by atoms with Crippen LogP contribution in [0.5, 0.6) is 0 Å². The van der Waals surface area contributed by atoms with E-state index in [1.54, 1.807) is 7.11 Å². The van der Waals surface area contributed by atoms with Gasteiger partial charge >= 0.3 is 0 Å². The summed E-state index contributed by atoms with van der Waals surface area (Å²) in [7, 11) is 1.80. The molecule has 0 aromatic heterocycles. The molecule has 0 aliphatic carbocycles. The molecule has 1 saturated heterocycles. The van der Waals surface area contributed by atoms with Crippen LogP contribution in [-0.2, 0) is 11.3 Å². The lowest BCUT2D eigenvalue weighted by Crippen LogP contribution is -2.37. The first-order valence-corrected chi connectivity index (χ1v) is 6.32. The van der Waals surface area contributed by atoms with Crippen LogP contribution < -0.4 is 10.6 Å². The second kappa shape index (κ2) is 5.52. The van der Waals surface area contributed by atoms with Crippen molar-refractivity contribution in [2.24, 2.45) is 5.73 Å². The monoisotopic (exact) mass is 234 g/mol. The van der Waals surface area contributed by atoms with Crippen LogP contribution in [0.3, 0.4) is 0 Å². The molecule has 3 nitrogen and oxygen atoms in total. The van der Waals surface area contributed by atoms with Crippen molar-refractivity contribution in [1.82, 2.24) is 0 Å². The Labute approximate surface area is 104 Å². The van der Waals surface area contributed by atoms with E-state index in [1.807, 2.05) is 0 Å². The molecule has 1 aliphatic rings. The highest BCUT2D eigenvalue weighted by Gasteiger charge is 2.20. The van der Waals surface area contributed by atoms with E-state index in [1.165, 1.54) is 16.8 Å². The predicted octanol–water partition coefficient (Wildman–Crippen LogP) is 2.07. The lowest BCUT2D eigenvalue weighted by molar-refractivity contribution is 0.0819. The molecular weight excluding hydrogens is 212 g/mol. The van der Waals surface area contributed by atoms with Gasteiger partial charge in [0.05, 0.1) is 6.10 Å². The van der Waals surface area contributed by atoms with Crippen LogP contribution in [0, 0.1) is 6.92 Å². The van der Waals surface area contributed by atoms with Crippen LogP contribution in [0.25, 0.3) is 0 Å². The number of anilines is 1. The third-order valence-electron chi connectivity index (χ3n) is 3.58. The number of methoxy groups -OCH3 is 1. The summed E-state index contributed by atoms with van der Waals surface area (Å²) in [5, 5.41) is 0. The smallest absolute Gasteiger partial charge is 0.0605 e. The first kappa shape index (κ1) is 12.4. The third kappa shape index (κ3) is 2.79. The summed E-state index contributed by atoms with van der Waals surface area (Å²) in [5.41, 5.74) is 9.66. The van der Waals surface area contributed by atoms with E-state index in [4.69, 9.17) is 10.5 Å². The maximum atomic E-state index is 5.81. The van der Waals surface area contributed by atoms with Crippen LogP contribution in [-0.4, -0.2) is 26.3 Å². The largest absolute Gasteiger partial charge is 0.381 e. The number of nitrogens with two attached hydrogens (primary N) is 1. The normalized spacial score (nSPS) is 17.5. The van der Waals surface area contributed by atoms with Crippen LogP contribution in [0.15, 0.2) is 18.2 Å². The van der Waals surface area contributed by atoms with E-state index in [2.05, 4.69) is 30.0 Å². The number of benzene rings is 1. The lowest BCUT2D eigenvalue weighted by atomic mass is 10.0. The Bertz CT molecular complexity index is 370. The Morgan fingerprint density at radius 1 is 1.35 bits per heavy atom. The molecule has 2 rings (SSSR count). The summed E-state index contributed by atoms with van der Waals surface area (Å²) in [6.45, 7) is 4.87. The van der Waals surface area contributed by atoms with E-state index in [0.29, 0.717) is 12.6 Å². The van der Waals surface area contributed by atoms with Crippen molar-refractivity contribution in [3.8, 4) is 0 Å². The van der Waals surface area contributed by atoms with Crippen molar-refractivity contribution in [3.05, 3.63) is 29.3 Å². The molecule has 0 amide bonds. The molecule has 17 heavy (non-hydrogen) atoms. The summed E-state index contributed by atoms with van der Waals surface area (Å²) < 4.78 is 5.40. The van der Waals surface area contributed by atoms with Gasteiger partial charge in [0.1, 0.15) is 0 Å². The molecule has 1 aromatic rings. The Morgan fingerprint density at radius 3 is 2.65 bits per heavy atom. The highest BCUT2D eigenvalue weighted by Crippen LogP contribution is 2.26. The first-order chi connectivity index (χ1) is 8.24. The number of aryl methyl sites for hydroxylation is 1. The average molecular weight is 234 g/mol. The van der Waals surface area contributed by atoms with Gasteiger partial charge in [0.2, 0.25) is 0 Å². The van der Waals surface area contributed by atoms with Gasteiger partial charge in [0.25, 0.3) is 0 Å². The number of nitrogens with zero attached hydrogens (tertiary/aromatic N) is 1. The Balaban J connectivity index is 2.14. The van der Waals surface area contributed by atoms with Gasteiger partial charge in [-0.05, 0) is 37.0 Å². The minimum Gasteiger partial charge on any atom is -0.381 e. The zero-order chi connectivity index (χ0) is 12.3. The molecule has 1 aliphatic heterocycles. The van der Waals surface area contributed by atoms with E-state index in [9.17, 15) is 0 Å². The van der Waals surface area contributed by atoms with Crippen LogP contribution in [0.2, 0.25) is 0 Å². The van der Waals surface area contributed by atoms with Crippen molar-refractivity contribution >= 4 is 5.69 Å². The second-order valence-corrected chi connectivity index (χ2v) is 4.76. The molecule has 94 valence electrons. The molecule has 1 aromatic carbocycles. The molecule has 1 heterocycles. The van der Waals surface area contributed by atoms with Gasteiger partial charge in [-0.25, -0.2) is 0 Å². The number of hydrogen-bond acceptors (Lipinski definition) is 3. The molecule has 0 unspecified atom stereocenters. The van der Waals surface area contributed by atoms with E-state index in [0.717, 1.165) is 25.9 Å². The molecular formula is C14H22N2O. The van der Waals surface area contributed by atoms with Gasteiger partial charge in [0, 0.05) is 32.4 Å². The Morgan fingerprint density at radius 2 is 2.06 bits per heavy atom. The molecule has 0 atom stereocenters. The van der Waals surface area contributed by atoms with Gasteiger partial charge in [0.15, 0.2) is 0 Å². The summed E-state index contributed by atoms with van der Waals surface area (Å²) in [4.78, 5) is 2.44. The maximum Gasteiger partial charge on any atom is 0.0605 e. The third-order valence-corrected chi connectivity index (χ3v) is 3.58. The Hall–Kier alpha value is -1.06. The highest BCUT2D eigenvalue weighted by atomic mass is 16.5. The van der Waals surface area contributed by atoms with Gasteiger partial charge in [-0.15, -0.1) is 0 Å². The summed E-state index contributed by atoms with van der Waals surface area (Å²) in [6.07, 6.45) is 2.64. The van der Waals surface area contributed by atoms with Crippen molar-refractivity contribution in [3.63, 3.8) is 0 Å². The fraction of sp³-hybridized carbons (Fsp3) is 0.571. The van der Waals surface area contributed by atoms with Crippen molar-refractivity contribution in [1.29, 1.82) is 0 Å². The summed E-state index contributed by atoms with van der Waals surface area (Å²) in [6, 6.07) is 6.52. The number of rotatable bonds is 3. The minimum atomic E-state index is 0.428. The Kier molecular flexibility index (Phi) is 4.02. The van der Waals surface area contributed by atoms with E-state index in [-0.39, 0.29) is 0 Å². The van der Waals surface area contributed by atoms with Crippen LogP contribution in [0.4, 0.5) is 5.69 Å². The summed E-state index contributed by atoms with van der Waals surface area (Å²) in [5.74, 6) is 0. The zero-order valence-corrected chi connectivity index (χ0v) is 10.8. The number of ether oxygens (including phenoxy) is 1.